The van der Waals surface area contributed by atoms with Gasteiger partial charge in [0.1, 0.15) is 0 Å². The first-order valence-electron chi connectivity index (χ1n) is 9.33. The summed E-state index contributed by atoms with van der Waals surface area (Å²) >= 11 is 0. The molecular formula is C19H26N2O4. The fraction of sp³-hybridized carbons (Fsp3) is 0.632. The lowest BCUT2D eigenvalue weighted by atomic mass is 10.1. The van der Waals surface area contributed by atoms with Crippen molar-refractivity contribution in [3.63, 3.8) is 0 Å². The minimum atomic E-state index is -0.205. The lowest BCUT2D eigenvalue weighted by Crippen LogP contribution is -2.53. The van der Waals surface area contributed by atoms with Crippen LogP contribution in [0, 0.1) is 0 Å². The first-order valence-corrected chi connectivity index (χ1v) is 9.33. The van der Waals surface area contributed by atoms with Crippen molar-refractivity contribution in [2.45, 2.75) is 37.8 Å². The predicted octanol–water partition coefficient (Wildman–Crippen LogP) is 1.52. The smallest absolute Gasteiger partial charge is 0.254 e. The number of nitrogens with zero attached hydrogens (tertiary/aromatic N) is 2. The normalized spacial score (nSPS) is 27.2. The third-order valence-corrected chi connectivity index (χ3v) is 5.51. The molecule has 0 radical (unpaired) electrons. The molecule has 0 bridgehead atoms. The Balaban J connectivity index is 1.40. The van der Waals surface area contributed by atoms with E-state index in [4.69, 9.17) is 9.47 Å². The van der Waals surface area contributed by atoms with Gasteiger partial charge in [0.2, 0.25) is 0 Å². The van der Waals surface area contributed by atoms with Crippen molar-refractivity contribution in [2.24, 2.45) is 0 Å². The second-order valence-corrected chi connectivity index (χ2v) is 7.11. The third kappa shape index (κ3) is 3.46. The van der Waals surface area contributed by atoms with Crippen molar-refractivity contribution >= 4 is 5.91 Å². The van der Waals surface area contributed by atoms with Crippen LogP contribution in [-0.4, -0.2) is 72.4 Å². The van der Waals surface area contributed by atoms with Gasteiger partial charge in [-0.25, -0.2) is 0 Å². The molecule has 0 spiro atoms. The van der Waals surface area contributed by atoms with Gasteiger partial charge < -0.3 is 19.5 Å². The number of piperazine rings is 1. The molecule has 1 aromatic rings. The predicted molar refractivity (Wildman–Crippen MR) is 93.2 cm³/mol. The molecule has 0 aromatic heterocycles. The first-order chi connectivity index (χ1) is 12.2. The van der Waals surface area contributed by atoms with Gasteiger partial charge in [0, 0.05) is 44.2 Å². The Bertz CT molecular complexity index is 628. The molecular weight excluding hydrogens is 320 g/mol. The summed E-state index contributed by atoms with van der Waals surface area (Å²) in [5, 5.41) is 10.1. The van der Waals surface area contributed by atoms with Gasteiger partial charge in [0.15, 0.2) is 11.5 Å². The number of aliphatic hydroxyl groups is 1. The second kappa shape index (κ2) is 7.22. The molecule has 6 nitrogen and oxygen atoms in total. The number of carbonyl (C=O) groups excluding carboxylic acids is 1. The summed E-state index contributed by atoms with van der Waals surface area (Å²) in [6.07, 6.45) is 3.72. The fourth-order valence-electron chi connectivity index (χ4n) is 4.08. The van der Waals surface area contributed by atoms with Crippen molar-refractivity contribution in [1.29, 1.82) is 0 Å². The molecule has 1 aromatic carbocycles. The Labute approximate surface area is 148 Å². The maximum Gasteiger partial charge on any atom is 0.254 e. The zero-order chi connectivity index (χ0) is 17.2. The maximum absolute atomic E-state index is 12.8. The molecule has 1 amide bonds. The Hall–Kier alpha value is -1.79. The molecule has 2 fully saturated rings. The number of hydrogen-bond acceptors (Lipinski definition) is 5. The van der Waals surface area contributed by atoms with Gasteiger partial charge in [-0.15, -0.1) is 0 Å². The Morgan fingerprint density at radius 3 is 2.48 bits per heavy atom. The van der Waals surface area contributed by atoms with Crippen LogP contribution in [0.2, 0.25) is 0 Å². The van der Waals surface area contributed by atoms with Crippen LogP contribution in [-0.2, 0) is 0 Å². The third-order valence-electron chi connectivity index (χ3n) is 5.51. The molecule has 6 heteroatoms. The van der Waals surface area contributed by atoms with Gasteiger partial charge in [-0.2, -0.15) is 0 Å². The van der Waals surface area contributed by atoms with E-state index in [9.17, 15) is 9.90 Å². The molecule has 3 aliphatic rings. The molecule has 2 heterocycles. The van der Waals surface area contributed by atoms with Gasteiger partial charge in [-0.3, -0.25) is 9.69 Å². The lowest BCUT2D eigenvalue weighted by molar-refractivity contribution is 0.0315. The van der Waals surface area contributed by atoms with E-state index in [1.807, 2.05) is 17.0 Å². The summed E-state index contributed by atoms with van der Waals surface area (Å²) in [6, 6.07) is 5.73. The topological polar surface area (TPSA) is 62.2 Å². The van der Waals surface area contributed by atoms with Gasteiger partial charge >= 0.3 is 0 Å². The molecule has 25 heavy (non-hydrogen) atoms. The largest absolute Gasteiger partial charge is 0.490 e. The highest BCUT2D eigenvalue weighted by Gasteiger charge is 2.33. The molecule has 2 atom stereocenters. The number of benzene rings is 1. The highest BCUT2D eigenvalue weighted by molar-refractivity contribution is 5.95. The standard InChI is InChI=1S/C19H26N2O4/c22-16-4-1-3-15(16)20-7-9-21(10-8-20)19(23)14-5-6-17-18(13-14)25-12-2-11-24-17/h5-6,13,15-16,22H,1-4,7-12H2/t15-,16-/m0/s1. The van der Waals surface area contributed by atoms with Crippen LogP contribution in [0.4, 0.5) is 0 Å². The average molecular weight is 346 g/mol. The molecule has 1 N–H and O–H groups in total. The van der Waals surface area contributed by atoms with Crippen molar-refractivity contribution in [3.05, 3.63) is 23.8 Å². The molecule has 1 saturated carbocycles. The van der Waals surface area contributed by atoms with E-state index in [1.165, 1.54) is 0 Å². The highest BCUT2D eigenvalue weighted by Crippen LogP contribution is 2.31. The van der Waals surface area contributed by atoms with Crippen LogP contribution in [0.15, 0.2) is 18.2 Å². The van der Waals surface area contributed by atoms with E-state index < -0.39 is 0 Å². The summed E-state index contributed by atoms with van der Waals surface area (Å²) in [5.74, 6) is 1.42. The van der Waals surface area contributed by atoms with Crippen molar-refractivity contribution in [3.8, 4) is 11.5 Å². The van der Waals surface area contributed by atoms with E-state index in [2.05, 4.69) is 4.90 Å². The minimum absolute atomic E-state index is 0.0438. The van der Waals surface area contributed by atoms with Crippen LogP contribution >= 0.6 is 0 Å². The van der Waals surface area contributed by atoms with Crippen molar-refractivity contribution < 1.29 is 19.4 Å². The number of rotatable bonds is 2. The lowest BCUT2D eigenvalue weighted by Gasteiger charge is -2.39. The molecule has 1 saturated heterocycles. The molecule has 4 rings (SSSR count). The van der Waals surface area contributed by atoms with Crippen LogP contribution in [0.25, 0.3) is 0 Å². The van der Waals surface area contributed by atoms with E-state index in [1.54, 1.807) is 6.07 Å². The van der Waals surface area contributed by atoms with Crippen LogP contribution in [0.1, 0.15) is 36.0 Å². The van der Waals surface area contributed by atoms with Gasteiger partial charge in [0.25, 0.3) is 5.91 Å². The number of ether oxygens (including phenoxy) is 2. The molecule has 0 unspecified atom stereocenters. The Kier molecular flexibility index (Phi) is 4.81. The number of aliphatic hydroxyl groups excluding tert-OH is 1. The van der Waals surface area contributed by atoms with Gasteiger partial charge in [-0.1, -0.05) is 0 Å². The molecule has 2 aliphatic heterocycles. The molecule has 136 valence electrons. The summed E-state index contributed by atoms with van der Waals surface area (Å²) in [6.45, 7) is 4.34. The van der Waals surface area contributed by atoms with Crippen molar-refractivity contribution in [1.82, 2.24) is 9.80 Å². The van der Waals surface area contributed by atoms with Gasteiger partial charge in [-0.05, 0) is 37.5 Å². The fourth-order valence-corrected chi connectivity index (χ4v) is 4.08. The maximum atomic E-state index is 12.8. The molecule has 1 aliphatic carbocycles. The quantitative estimate of drug-likeness (QED) is 0.880. The Morgan fingerprint density at radius 2 is 1.76 bits per heavy atom. The van der Waals surface area contributed by atoms with E-state index in [-0.39, 0.29) is 18.1 Å². The zero-order valence-corrected chi connectivity index (χ0v) is 14.5. The van der Waals surface area contributed by atoms with Crippen LogP contribution < -0.4 is 9.47 Å². The van der Waals surface area contributed by atoms with Gasteiger partial charge in [0.05, 0.1) is 19.3 Å². The van der Waals surface area contributed by atoms with E-state index >= 15 is 0 Å². The zero-order valence-electron chi connectivity index (χ0n) is 14.5. The SMILES string of the molecule is O=C(c1ccc2c(c1)OCCCO2)N1CCN([C@H]2CCC[C@@H]2O)CC1. The number of amides is 1. The van der Waals surface area contributed by atoms with E-state index in [0.717, 1.165) is 38.8 Å². The summed E-state index contributed by atoms with van der Waals surface area (Å²) in [7, 11) is 0. The number of fused-ring (bicyclic) bond motifs is 1. The number of carbonyl (C=O) groups is 1. The van der Waals surface area contributed by atoms with Crippen LogP contribution in [0.3, 0.4) is 0 Å². The first kappa shape index (κ1) is 16.7. The van der Waals surface area contributed by atoms with Crippen LogP contribution in [0.5, 0.6) is 11.5 Å². The summed E-state index contributed by atoms with van der Waals surface area (Å²) in [4.78, 5) is 17.1. The highest BCUT2D eigenvalue weighted by atomic mass is 16.5. The average Bonchev–Trinajstić information content (AvgIpc) is 2.93. The monoisotopic (exact) mass is 346 g/mol. The minimum Gasteiger partial charge on any atom is -0.490 e. The number of hydrogen-bond donors (Lipinski definition) is 1. The summed E-state index contributed by atoms with van der Waals surface area (Å²) in [5.41, 5.74) is 0.651. The van der Waals surface area contributed by atoms with E-state index in [0.29, 0.717) is 43.4 Å². The second-order valence-electron chi connectivity index (χ2n) is 7.11. The Morgan fingerprint density at radius 1 is 1.00 bits per heavy atom. The van der Waals surface area contributed by atoms with Crippen molar-refractivity contribution in [2.75, 3.05) is 39.4 Å². The summed E-state index contributed by atoms with van der Waals surface area (Å²) < 4.78 is 11.3.